The summed E-state index contributed by atoms with van der Waals surface area (Å²) in [5.41, 5.74) is 2.55. The Labute approximate surface area is 159 Å². The van der Waals surface area contributed by atoms with Crippen molar-refractivity contribution in [3.8, 4) is 5.82 Å². The Morgan fingerprint density at radius 1 is 0.963 bits per heavy atom. The number of aryl methyl sites for hydroxylation is 3. The van der Waals surface area contributed by atoms with Gasteiger partial charge < -0.3 is 9.88 Å². The van der Waals surface area contributed by atoms with Crippen LogP contribution in [0.25, 0.3) is 5.82 Å². The summed E-state index contributed by atoms with van der Waals surface area (Å²) in [5.74, 6) is 1.31. The summed E-state index contributed by atoms with van der Waals surface area (Å²) in [5, 5.41) is 11.3. The molecule has 0 fully saturated rings. The molecule has 0 aliphatic rings. The fourth-order valence-corrected chi connectivity index (χ4v) is 4.56. The molecule has 2 N–H and O–H groups in total. The third-order valence-corrected chi connectivity index (χ3v) is 5.88. The summed E-state index contributed by atoms with van der Waals surface area (Å²) in [4.78, 5) is 0.351. The summed E-state index contributed by atoms with van der Waals surface area (Å²) in [7, 11) is -3.56. The quantitative estimate of drug-likeness (QED) is 0.610. The smallest absolute Gasteiger partial charge is 0.241 e. The van der Waals surface area contributed by atoms with Crippen LogP contribution < -0.4 is 10.0 Å². The minimum atomic E-state index is -3.56. The van der Waals surface area contributed by atoms with Crippen LogP contribution in [-0.4, -0.2) is 36.3 Å². The van der Waals surface area contributed by atoms with Gasteiger partial charge in [0, 0.05) is 25.5 Å². The molecule has 27 heavy (non-hydrogen) atoms. The summed E-state index contributed by atoms with van der Waals surface area (Å²) >= 11 is 0. The molecule has 8 heteroatoms. The predicted octanol–water partition coefficient (Wildman–Crippen LogP) is 2.58. The Morgan fingerprint density at radius 2 is 1.63 bits per heavy atom. The van der Waals surface area contributed by atoms with Crippen molar-refractivity contribution in [1.29, 1.82) is 0 Å². The van der Waals surface area contributed by atoms with E-state index in [1.807, 2.05) is 74.1 Å². The zero-order chi connectivity index (χ0) is 19.4. The van der Waals surface area contributed by atoms with Crippen LogP contribution in [0.4, 0.5) is 5.82 Å². The van der Waals surface area contributed by atoms with E-state index in [-0.39, 0.29) is 6.54 Å². The van der Waals surface area contributed by atoms with Crippen LogP contribution in [0.3, 0.4) is 0 Å². The molecule has 0 saturated carbocycles. The standard InChI is InChI=1S/C19H23N5O2S/c1-14-12-15(2)19(16(3)13-14)27(25,26)21-9-8-20-17-6-7-18(23-22-17)24-10-4-5-11-24/h4-7,10-13,21H,8-9H2,1-3H3,(H,20,22). The van der Waals surface area contributed by atoms with Gasteiger partial charge in [0.15, 0.2) is 5.82 Å². The molecule has 3 aromatic rings. The molecule has 0 unspecified atom stereocenters. The van der Waals surface area contributed by atoms with Gasteiger partial charge in [0.2, 0.25) is 10.0 Å². The van der Waals surface area contributed by atoms with Gasteiger partial charge in [-0.25, -0.2) is 13.1 Å². The lowest BCUT2D eigenvalue weighted by molar-refractivity contribution is 0.581. The van der Waals surface area contributed by atoms with E-state index in [2.05, 4.69) is 20.2 Å². The van der Waals surface area contributed by atoms with E-state index < -0.39 is 10.0 Å². The highest BCUT2D eigenvalue weighted by molar-refractivity contribution is 7.89. The van der Waals surface area contributed by atoms with Crippen LogP contribution in [0.5, 0.6) is 0 Å². The number of nitrogens with zero attached hydrogens (tertiary/aromatic N) is 3. The van der Waals surface area contributed by atoms with E-state index in [4.69, 9.17) is 0 Å². The van der Waals surface area contributed by atoms with Crippen molar-refractivity contribution in [2.75, 3.05) is 18.4 Å². The molecule has 0 aliphatic carbocycles. The number of benzene rings is 1. The summed E-state index contributed by atoms with van der Waals surface area (Å²) in [6, 6.07) is 11.2. The highest BCUT2D eigenvalue weighted by Gasteiger charge is 2.19. The van der Waals surface area contributed by atoms with Gasteiger partial charge in [-0.05, 0) is 56.2 Å². The van der Waals surface area contributed by atoms with Crippen LogP contribution in [0.1, 0.15) is 16.7 Å². The van der Waals surface area contributed by atoms with Crippen molar-refractivity contribution in [3.05, 3.63) is 65.5 Å². The second-order valence-electron chi connectivity index (χ2n) is 6.42. The van der Waals surface area contributed by atoms with E-state index in [0.29, 0.717) is 17.3 Å². The van der Waals surface area contributed by atoms with Crippen molar-refractivity contribution in [2.24, 2.45) is 0 Å². The maximum atomic E-state index is 12.6. The first-order valence-corrected chi connectivity index (χ1v) is 10.1. The van der Waals surface area contributed by atoms with E-state index in [1.165, 1.54) is 0 Å². The molecular weight excluding hydrogens is 362 g/mol. The lowest BCUT2D eigenvalue weighted by Crippen LogP contribution is -2.30. The molecule has 7 nitrogen and oxygen atoms in total. The lowest BCUT2D eigenvalue weighted by atomic mass is 10.1. The number of aromatic nitrogens is 3. The maximum absolute atomic E-state index is 12.6. The molecule has 0 aliphatic heterocycles. The summed E-state index contributed by atoms with van der Waals surface area (Å²) in [6.45, 7) is 6.23. The zero-order valence-electron chi connectivity index (χ0n) is 15.6. The van der Waals surface area contributed by atoms with Gasteiger partial charge in [-0.15, -0.1) is 10.2 Å². The second kappa shape index (κ2) is 7.89. The monoisotopic (exact) mass is 385 g/mol. The average Bonchev–Trinajstić information content (AvgIpc) is 3.12. The molecule has 0 bridgehead atoms. The van der Waals surface area contributed by atoms with Crippen molar-refractivity contribution in [3.63, 3.8) is 0 Å². The predicted molar refractivity (Wildman–Crippen MR) is 106 cm³/mol. The molecule has 0 saturated heterocycles. The van der Waals surface area contributed by atoms with Crippen molar-refractivity contribution in [1.82, 2.24) is 19.5 Å². The molecule has 3 rings (SSSR count). The molecule has 0 spiro atoms. The Bertz CT molecular complexity index is 990. The first kappa shape index (κ1) is 19.1. The van der Waals surface area contributed by atoms with Gasteiger partial charge in [0.05, 0.1) is 4.90 Å². The normalized spacial score (nSPS) is 11.5. The van der Waals surface area contributed by atoms with Gasteiger partial charge in [0.1, 0.15) is 5.82 Å². The van der Waals surface area contributed by atoms with Crippen molar-refractivity contribution < 1.29 is 8.42 Å². The van der Waals surface area contributed by atoms with Crippen LogP contribution in [0, 0.1) is 20.8 Å². The topological polar surface area (TPSA) is 88.9 Å². The largest absolute Gasteiger partial charge is 0.367 e. The van der Waals surface area contributed by atoms with E-state index >= 15 is 0 Å². The van der Waals surface area contributed by atoms with Crippen molar-refractivity contribution in [2.45, 2.75) is 25.7 Å². The zero-order valence-corrected chi connectivity index (χ0v) is 16.4. The number of nitrogens with one attached hydrogen (secondary N) is 2. The summed E-state index contributed by atoms with van der Waals surface area (Å²) in [6.07, 6.45) is 3.78. The van der Waals surface area contributed by atoms with Gasteiger partial charge in [-0.3, -0.25) is 0 Å². The second-order valence-corrected chi connectivity index (χ2v) is 8.12. The van der Waals surface area contributed by atoms with E-state index in [1.54, 1.807) is 0 Å². The van der Waals surface area contributed by atoms with Gasteiger partial charge >= 0.3 is 0 Å². The summed E-state index contributed by atoms with van der Waals surface area (Å²) < 4.78 is 29.7. The van der Waals surface area contributed by atoms with Crippen LogP contribution in [0.2, 0.25) is 0 Å². The van der Waals surface area contributed by atoms with E-state index in [0.717, 1.165) is 22.5 Å². The first-order chi connectivity index (χ1) is 12.9. The number of hydrogen-bond acceptors (Lipinski definition) is 5. The minimum absolute atomic E-state index is 0.246. The molecule has 142 valence electrons. The minimum Gasteiger partial charge on any atom is -0.367 e. The SMILES string of the molecule is Cc1cc(C)c(S(=O)(=O)NCCNc2ccc(-n3cccc3)nn2)c(C)c1. The highest BCUT2D eigenvalue weighted by atomic mass is 32.2. The third kappa shape index (κ3) is 4.53. The molecule has 0 radical (unpaired) electrons. The molecule has 2 heterocycles. The Hall–Kier alpha value is -2.71. The maximum Gasteiger partial charge on any atom is 0.241 e. The number of rotatable bonds is 7. The van der Waals surface area contributed by atoms with E-state index in [9.17, 15) is 8.42 Å². The number of sulfonamides is 1. The fraction of sp³-hybridized carbons (Fsp3) is 0.263. The molecule has 0 atom stereocenters. The van der Waals surface area contributed by atoms with Crippen molar-refractivity contribution >= 4 is 15.8 Å². The first-order valence-electron chi connectivity index (χ1n) is 8.65. The number of anilines is 1. The van der Waals surface area contributed by atoms with Gasteiger partial charge in [-0.1, -0.05) is 17.7 Å². The molecule has 1 aromatic carbocycles. The highest BCUT2D eigenvalue weighted by Crippen LogP contribution is 2.21. The lowest BCUT2D eigenvalue weighted by Gasteiger charge is -2.13. The van der Waals surface area contributed by atoms with Crippen LogP contribution in [-0.2, 0) is 10.0 Å². The average molecular weight is 385 g/mol. The molecule has 0 amide bonds. The Morgan fingerprint density at radius 3 is 2.22 bits per heavy atom. The Kier molecular flexibility index (Phi) is 5.57. The van der Waals surface area contributed by atoms with Crippen LogP contribution >= 0.6 is 0 Å². The third-order valence-electron chi connectivity index (χ3n) is 4.12. The molecular formula is C19H23N5O2S. The number of hydrogen-bond donors (Lipinski definition) is 2. The fourth-order valence-electron chi connectivity index (χ4n) is 3.08. The Balaban J connectivity index is 1.57. The van der Waals surface area contributed by atoms with Gasteiger partial charge in [0.25, 0.3) is 0 Å². The van der Waals surface area contributed by atoms with Gasteiger partial charge in [-0.2, -0.15) is 0 Å². The molecule has 2 aromatic heterocycles. The van der Waals surface area contributed by atoms with Crippen LogP contribution in [0.15, 0.2) is 53.7 Å².